The van der Waals surface area contributed by atoms with Crippen LogP contribution in [0.5, 0.6) is 0 Å². The highest BCUT2D eigenvalue weighted by molar-refractivity contribution is 8.15. The van der Waals surface area contributed by atoms with Crippen molar-refractivity contribution >= 4 is 41.1 Å². The maximum absolute atomic E-state index is 11.7. The molecule has 120 valence electrons. The first-order valence-electron chi connectivity index (χ1n) is 7.09. The fraction of sp³-hybridized carbons (Fsp3) is 0.250. The van der Waals surface area contributed by atoms with Crippen molar-refractivity contribution in [3.8, 4) is 0 Å². The minimum Gasteiger partial charge on any atom is -0.466 e. The molecule has 2 rings (SSSR count). The van der Waals surface area contributed by atoms with E-state index in [-0.39, 0.29) is 23.7 Å². The van der Waals surface area contributed by atoms with Crippen LogP contribution in [0.3, 0.4) is 0 Å². The largest absolute Gasteiger partial charge is 0.466 e. The van der Waals surface area contributed by atoms with Gasteiger partial charge in [-0.1, -0.05) is 48.2 Å². The van der Waals surface area contributed by atoms with Crippen molar-refractivity contribution in [1.29, 1.82) is 0 Å². The molecule has 0 aliphatic carbocycles. The second kappa shape index (κ2) is 8.89. The second-order valence-corrected chi connectivity index (χ2v) is 5.86. The van der Waals surface area contributed by atoms with Gasteiger partial charge in [0.2, 0.25) is 5.91 Å². The molecule has 1 heterocycles. The van der Waals surface area contributed by atoms with E-state index < -0.39 is 0 Å². The predicted molar refractivity (Wildman–Crippen MR) is 92.2 cm³/mol. The van der Waals surface area contributed by atoms with Gasteiger partial charge in [0.05, 0.1) is 11.9 Å². The number of nitrogens with one attached hydrogen (secondary N) is 1. The van der Waals surface area contributed by atoms with Crippen LogP contribution < -0.4 is 5.32 Å². The van der Waals surface area contributed by atoms with Crippen molar-refractivity contribution in [2.45, 2.75) is 18.6 Å². The van der Waals surface area contributed by atoms with E-state index >= 15 is 0 Å². The highest BCUT2D eigenvalue weighted by Crippen LogP contribution is 2.22. The molecule has 1 saturated heterocycles. The van der Waals surface area contributed by atoms with Crippen molar-refractivity contribution in [2.24, 2.45) is 10.2 Å². The topological polar surface area (TPSA) is 80.1 Å². The van der Waals surface area contributed by atoms with Crippen LogP contribution in [0, 0.1) is 0 Å². The number of carbonyl (C=O) groups excluding carboxylic acids is 2. The molecule has 7 heteroatoms. The fourth-order valence-corrected chi connectivity index (χ4v) is 2.70. The van der Waals surface area contributed by atoms with Gasteiger partial charge < -0.3 is 10.1 Å². The summed E-state index contributed by atoms with van der Waals surface area (Å²) in [6.45, 7) is 1.56. The number of nitrogens with zero attached hydrogens (tertiary/aromatic N) is 2. The number of rotatable bonds is 6. The first-order valence-corrected chi connectivity index (χ1v) is 7.97. The average molecular weight is 331 g/mol. The molecule has 0 bridgehead atoms. The van der Waals surface area contributed by atoms with Crippen LogP contribution in [-0.4, -0.2) is 35.1 Å². The van der Waals surface area contributed by atoms with Crippen molar-refractivity contribution < 1.29 is 14.3 Å². The van der Waals surface area contributed by atoms with Gasteiger partial charge in [0.15, 0.2) is 5.17 Å². The number of amidine groups is 1. The average Bonchev–Trinajstić information content (AvgIpc) is 2.88. The third-order valence-electron chi connectivity index (χ3n) is 2.85. The Morgan fingerprint density at radius 2 is 2.17 bits per heavy atom. The third kappa shape index (κ3) is 6.07. The lowest BCUT2D eigenvalue weighted by atomic mass is 10.2. The molecule has 0 radical (unpaired) electrons. The Kier molecular flexibility index (Phi) is 6.56. The SMILES string of the molecule is CC(=O)OCCC1S/C(=N/N=C\C=C/c2ccccc2)NC1=O. The quantitative estimate of drug-likeness (QED) is 0.492. The molecule has 1 unspecified atom stereocenters. The fourth-order valence-electron chi connectivity index (χ4n) is 1.79. The summed E-state index contributed by atoms with van der Waals surface area (Å²) in [5.41, 5.74) is 1.07. The molecular weight excluding hydrogens is 314 g/mol. The molecule has 1 aliphatic rings. The summed E-state index contributed by atoms with van der Waals surface area (Å²) >= 11 is 1.29. The minimum atomic E-state index is -0.350. The molecule has 1 fully saturated rings. The Labute approximate surface area is 138 Å². The van der Waals surface area contributed by atoms with Crippen LogP contribution in [0.15, 0.2) is 46.6 Å². The first-order chi connectivity index (χ1) is 11.1. The molecule has 1 amide bonds. The van der Waals surface area contributed by atoms with E-state index in [1.165, 1.54) is 18.7 Å². The van der Waals surface area contributed by atoms with Crippen LogP contribution >= 0.6 is 11.8 Å². The van der Waals surface area contributed by atoms with Crippen molar-refractivity contribution in [2.75, 3.05) is 6.61 Å². The molecule has 23 heavy (non-hydrogen) atoms. The maximum Gasteiger partial charge on any atom is 0.302 e. The number of hydrogen-bond acceptors (Lipinski definition) is 6. The number of benzene rings is 1. The summed E-state index contributed by atoms with van der Waals surface area (Å²) in [4.78, 5) is 22.4. The Morgan fingerprint density at radius 3 is 2.91 bits per heavy atom. The number of ether oxygens (including phenoxy) is 1. The lowest BCUT2D eigenvalue weighted by Crippen LogP contribution is -2.25. The lowest BCUT2D eigenvalue weighted by molar-refractivity contribution is -0.141. The normalized spacial score (nSPS) is 19.6. The van der Waals surface area contributed by atoms with Gasteiger partial charge in [-0.25, -0.2) is 0 Å². The maximum atomic E-state index is 11.7. The van der Waals surface area contributed by atoms with E-state index in [0.717, 1.165) is 5.56 Å². The van der Waals surface area contributed by atoms with Crippen LogP contribution in [0.4, 0.5) is 0 Å². The first kappa shape index (κ1) is 17.0. The summed E-state index contributed by atoms with van der Waals surface area (Å²) in [6.07, 6.45) is 5.69. The van der Waals surface area contributed by atoms with Gasteiger partial charge in [0.25, 0.3) is 0 Å². The van der Waals surface area contributed by atoms with Gasteiger partial charge in [-0.05, 0) is 11.6 Å². The number of hydrogen-bond donors (Lipinski definition) is 1. The molecule has 1 N–H and O–H groups in total. The summed E-state index contributed by atoms with van der Waals surface area (Å²) < 4.78 is 4.83. The smallest absolute Gasteiger partial charge is 0.302 e. The van der Waals surface area contributed by atoms with Gasteiger partial charge in [-0.2, -0.15) is 5.10 Å². The van der Waals surface area contributed by atoms with E-state index in [1.807, 2.05) is 36.4 Å². The zero-order chi connectivity index (χ0) is 16.5. The molecule has 0 spiro atoms. The zero-order valence-electron chi connectivity index (χ0n) is 12.6. The number of amides is 1. The van der Waals surface area contributed by atoms with Crippen molar-refractivity contribution in [3.05, 3.63) is 42.0 Å². The molecular formula is C16H17N3O3S. The summed E-state index contributed by atoms with van der Waals surface area (Å²) in [6, 6.07) is 9.83. The molecule has 0 aromatic heterocycles. The number of carbonyl (C=O) groups is 2. The third-order valence-corrected chi connectivity index (χ3v) is 3.99. The summed E-state index contributed by atoms with van der Waals surface area (Å²) in [5.74, 6) is -0.493. The summed E-state index contributed by atoms with van der Waals surface area (Å²) in [7, 11) is 0. The van der Waals surface area contributed by atoms with Crippen LogP contribution in [-0.2, 0) is 14.3 Å². The van der Waals surface area contributed by atoms with Gasteiger partial charge in [0, 0.05) is 19.6 Å². The number of esters is 1. The number of allylic oxidation sites excluding steroid dienone is 1. The Balaban J connectivity index is 1.79. The minimum absolute atomic E-state index is 0.143. The van der Waals surface area contributed by atoms with Crippen LogP contribution in [0.25, 0.3) is 6.08 Å². The van der Waals surface area contributed by atoms with Crippen molar-refractivity contribution in [1.82, 2.24) is 5.32 Å². The van der Waals surface area contributed by atoms with E-state index in [1.54, 1.807) is 12.3 Å². The highest BCUT2D eigenvalue weighted by Gasteiger charge is 2.30. The van der Waals surface area contributed by atoms with Gasteiger partial charge in [-0.3, -0.25) is 9.59 Å². The predicted octanol–water partition coefficient (Wildman–Crippen LogP) is 2.23. The molecule has 1 aromatic rings. The van der Waals surface area contributed by atoms with Gasteiger partial charge >= 0.3 is 5.97 Å². The van der Waals surface area contributed by atoms with E-state index in [4.69, 9.17) is 4.74 Å². The van der Waals surface area contributed by atoms with E-state index in [2.05, 4.69) is 15.5 Å². The standard InChI is InChI=1S/C16H17N3O3S/c1-12(20)22-11-9-14-15(21)18-16(23-14)19-17-10-5-8-13-6-3-2-4-7-13/h2-8,10,14H,9,11H2,1H3,(H,18,19,21)/b8-5-,17-10-. The molecule has 0 saturated carbocycles. The van der Waals surface area contributed by atoms with Crippen molar-refractivity contribution in [3.63, 3.8) is 0 Å². The van der Waals surface area contributed by atoms with Crippen LogP contribution in [0.1, 0.15) is 18.9 Å². The van der Waals surface area contributed by atoms with Gasteiger partial charge in [-0.15, -0.1) is 5.10 Å². The molecule has 6 nitrogen and oxygen atoms in total. The van der Waals surface area contributed by atoms with Gasteiger partial charge in [0.1, 0.15) is 0 Å². The number of thioether (sulfide) groups is 1. The highest BCUT2D eigenvalue weighted by atomic mass is 32.2. The van der Waals surface area contributed by atoms with E-state index in [0.29, 0.717) is 11.6 Å². The van der Waals surface area contributed by atoms with E-state index in [9.17, 15) is 9.59 Å². The lowest BCUT2D eigenvalue weighted by Gasteiger charge is -2.04. The van der Waals surface area contributed by atoms with Crippen LogP contribution in [0.2, 0.25) is 0 Å². The zero-order valence-corrected chi connectivity index (χ0v) is 13.5. The Morgan fingerprint density at radius 1 is 1.39 bits per heavy atom. The summed E-state index contributed by atoms with van der Waals surface area (Å²) in [5, 5.41) is 10.7. The second-order valence-electron chi connectivity index (χ2n) is 4.66. The monoisotopic (exact) mass is 331 g/mol. The molecule has 1 aliphatic heterocycles. The Bertz CT molecular complexity index is 641. The molecule has 1 atom stereocenters. The molecule has 1 aromatic carbocycles. The Hall–Kier alpha value is -2.41.